The molecule has 1 atom stereocenters. The van der Waals surface area contributed by atoms with Crippen molar-refractivity contribution in [3.8, 4) is 0 Å². The van der Waals surface area contributed by atoms with E-state index in [9.17, 15) is 9.59 Å². The molecule has 0 bridgehead atoms. The standard InChI is InChI=1S/C13H24O5/c1-8-9(2)16-10(14)13(6,7)18-11(15)17-12(3,4)5/h9H,8H2,1-7H3. The summed E-state index contributed by atoms with van der Waals surface area (Å²) in [5.41, 5.74) is -2.01. The summed E-state index contributed by atoms with van der Waals surface area (Å²) in [6.45, 7) is 11.8. The van der Waals surface area contributed by atoms with Gasteiger partial charge in [-0.1, -0.05) is 6.92 Å². The van der Waals surface area contributed by atoms with Gasteiger partial charge in [-0.05, 0) is 48.0 Å². The molecule has 0 spiro atoms. The second-order valence-electron chi connectivity index (χ2n) is 5.70. The van der Waals surface area contributed by atoms with Crippen LogP contribution in [0.2, 0.25) is 0 Å². The van der Waals surface area contributed by atoms with Gasteiger partial charge >= 0.3 is 12.1 Å². The first-order chi connectivity index (χ1) is 7.98. The van der Waals surface area contributed by atoms with Crippen LogP contribution in [0.25, 0.3) is 0 Å². The van der Waals surface area contributed by atoms with Gasteiger partial charge in [0.2, 0.25) is 5.60 Å². The first-order valence-corrected chi connectivity index (χ1v) is 6.11. The quantitative estimate of drug-likeness (QED) is 0.727. The second kappa shape index (κ2) is 6.07. The van der Waals surface area contributed by atoms with Crippen LogP contribution in [0.1, 0.15) is 54.9 Å². The van der Waals surface area contributed by atoms with Gasteiger partial charge in [0.1, 0.15) is 5.60 Å². The van der Waals surface area contributed by atoms with Crippen LogP contribution in [-0.4, -0.2) is 29.4 Å². The minimum absolute atomic E-state index is 0.209. The van der Waals surface area contributed by atoms with Gasteiger partial charge < -0.3 is 14.2 Å². The summed E-state index contributed by atoms with van der Waals surface area (Å²) < 4.78 is 15.1. The van der Waals surface area contributed by atoms with Gasteiger partial charge in [-0.2, -0.15) is 0 Å². The van der Waals surface area contributed by atoms with Gasteiger partial charge in [0.05, 0.1) is 6.10 Å². The Morgan fingerprint density at radius 3 is 1.94 bits per heavy atom. The van der Waals surface area contributed by atoms with E-state index in [0.717, 1.165) is 0 Å². The lowest BCUT2D eigenvalue weighted by Crippen LogP contribution is -2.41. The Hall–Kier alpha value is -1.26. The van der Waals surface area contributed by atoms with Gasteiger partial charge in [0, 0.05) is 0 Å². The van der Waals surface area contributed by atoms with Crippen LogP contribution in [0.3, 0.4) is 0 Å². The van der Waals surface area contributed by atoms with Crippen molar-refractivity contribution in [2.24, 2.45) is 0 Å². The van der Waals surface area contributed by atoms with Crippen molar-refractivity contribution >= 4 is 12.1 Å². The van der Waals surface area contributed by atoms with E-state index in [-0.39, 0.29) is 6.10 Å². The summed E-state index contributed by atoms with van der Waals surface area (Å²) in [4.78, 5) is 23.3. The lowest BCUT2D eigenvalue weighted by atomic mass is 10.1. The van der Waals surface area contributed by atoms with Crippen molar-refractivity contribution in [3.63, 3.8) is 0 Å². The SMILES string of the molecule is CCC(C)OC(=O)C(C)(C)OC(=O)OC(C)(C)C. The molecule has 0 heterocycles. The third-order valence-electron chi connectivity index (χ3n) is 2.10. The third-order valence-corrected chi connectivity index (χ3v) is 2.10. The van der Waals surface area contributed by atoms with Crippen LogP contribution in [-0.2, 0) is 19.0 Å². The minimum Gasteiger partial charge on any atom is -0.460 e. The van der Waals surface area contributed by atoms with Crippen molar-refractivity contribution in [1.29, 1.82) is 0 Å². The predicted octanol–water partition coefficient (Wildman–Crippen LogP) is 3.06. The Balaban J connectivity index is 4.46. The third kappa shape index (κ3) is 6.47. The number of hydrogen-bond donors (Lipinski definition) is 0. The molecular weight excluding hydrogens is 236 g/mol. The first kappa shape index (κ1) is 16.7. The van der Waals surface area contributed by atoms with E-state index < -0.39 is 23.3 Å². The lowest BCUT2D eigenvalue weighted by Gasteiger charge is -2.26. The summed E-state index contributed by atoms with van der Waals surface area (Å²) in [7, 11) is 0. The van der Waals surface area contributed by atoms with Crippen LogP contribution in [0, 0.1) is 0 Å². The Morgan fingerprint density at radius 2 is 1.56 bits per heavy atom. The molecule has 0 aromatic heterocycles. The number of carbonyl (C=O) groups is 2. The van der Waals surface area contributed by atoms with Crippen molar-refractivity contribution < 1.29 is 23.8 Å². The Bertz CT molecular complexity index is 301. The highest BCUT2D eigenvalue weighted by atomic mass is 16.7. The van der Waals surface area contributed by atoms with Gasteiger partial charge in [-0.3, -0.25) is 0 Å². The molecule has 0 fully saturated rings. The normalized spacial score (nSPS) is 13.7. The highest BCUT2D eigenvalue weighted by Gasteiger charge is 2.36. The Morgan fingerprint density at radius 1 is 1.06 bits per heavy atom. The molecule has 106 valence electrons. The van der Waals surface area contributed by atoms with Crippen LogP contribution in [0.15, 0.2) is 0 Å². The van der Waals surface area contributed by atoms with Crippen LogP contribution in [0.4, 0.5) is 4.79 Å². The minimum atomic E-state index is -1.36. The summed E-state index contributed by atoms with van der Waals surface area (Å²) in [5.74, 6) is -0.581. The smallest absolute Gasteiger partial charge is 0.460 e. The van der Waals surface area contributed by atoms with E-state index in [4.69, 9.17) is 14.2 Å². The van der Waals surface area contributed by atoms with Crippen LogP contribution in [0.5, 0.6) is 0 Å². The Kier molecular flexibility index (Phi) is 5.64. The molecule has 18 heavy (non-hydrogen) atoms. The van der Waals surface area contributed by atoms with Gasteiger partial charge in [-0.15, -0.1) is 0 Å². The van der Waals surface area contributed by atoms with Crippen molar-refractivity contribution in [2.75, 3.05) is 0 Å². The van der Waals surface area contributed by atoms with Crippen LogP contribution < -0.4 is 0 Å². The maximum atomic E-state index is 11.8. The zero-order valence-electron chi connectivity index (χ0n) is 12.3. The molecule has 0 saturated heterocycles. The Labute approximate surface area is 109 Å². The molecule has 0 aromatic rings. The van der Waals surface area contributed by atoms with Gasteiger partial charge in [0.25, 0.3) is 0 Å². The molecule has 0 aliphatic carbocycles. The highest BCUT2D eigenvalue weighted by molar-refractivity contribution is 5.81. The average molecular weight is 260 g/mol. The highest BCUT2D eigenvalue weighted by Crippen LogP contribution is 2.17. The summed E-state index contributed by atoms with van der Waals surface area (Å²) in [6.07, 6.45) is -0.388. The summed E-state index contributed by atoms with van der Waals surface area (Å²) in [5, 5.41) is 0. The zero-order chi connectivity index (χ0) is 14.6. The van der Waals surface area contributed by atoms with E-state index >= 15 is 0 Å². The fourth-order valence-electron chi connectivity index (χ4n) is 0.929. The molecule has 1 unspecified atom stereocenters. The topological polar surface area (TPSA) is 61.8 Å². The monoisotopic (exact) mass is 260 g/mol. The van der Waals surface area contributed by atoms with Crippen molar-refractivity contribution in [3.05, 3.63) is 0 Å². The number of rotatable bonds is 4. The maximum Gasteiger partial charge on any atom is 0.509 e. The molecule has 0 saturated carbocycles. The van der Waals surface area contributed by atoms with E-state index in [1.807, 2.05) is 6.92 Å². The number of carbonyl (C=O) groups excluding carboxylic acids is 2. The number of esters is 1. The maximum absolute atomic E-state index is 11.8. The van der Waals surface area contributed by atoms with E-state index in [1.165, 1.54) is 13.8 Å². The van der Waals surface area contributed by atoms with Crippen LogP contribution >= 0.6 is 0 Å². The zero-order valence-corrected chi connectivity index (χ0v) is 12.3. The van der Waals surface area contributed by atoms with E-state index in [1.54, 1.807) is 27.7 Å². The molecule has 0 amide bonds. The number of hydrogen-bond acceptors (Lipinski definition) is 5. The van der Waals surface area contributed by atoms with Gasteiger partial charge in [-0.25, -0.2) is 9.59 Å². The average Bonchev–Trinajstić information content (AvgIpc) is 2.13. The van der Waals surface area contributed by atoms with E-state index in [2.05, 4.69) is 0 Å². The molecule has 0 N–H and O–H groups in total. The lowest BCUT2D eigenvalue weighted by molar-refractivity contribution is -0.170. The van der Waals surface area contributed by atoms with E-state index in [0.29, 0.717) is 6.42 Å². The largest absolute Gasteiger partial charge is 0.509 e. The molecule has 0 aliphatic heterocycles. The fraction of sp³-hybridized carbons (Fsp3) is 0.846. The van der Waals surface area contributed by atoms with Crippen molar-refractivity contribution in [2.45, 2.75) is 72.2 Å². The predicted molar refractivity (Wildman–Crippen MR) is 67.2 cm³/mol. The molecule has 0 radical (unpaired) electrons. The summed E-state index contributed by atoms with van der Waals surface area (Å²) in [6, 6.07) is 0. The summed E-state index contributed by atoms with van der Waals surface area (Å²) >= 11 is 0. The van der Waals surface area contributed by atoms with Crippen molar-refractivity contribution in [1.82, 2.24) is 0 Å². The molecule has 0 rings (SSSR count). The molecule has 0 aliphatic rings. The first-order valence-electron chi connectivity index (χ1n) is 6.11. The molecule has 0 aromatic carbocycles. The second-order valence-corrected chi connectivity index (χ2v) is 5.70. The number of ether oxygens (including phenoxy) is 3. The van der Waals surface area contributed by atoms with Gasteiger partial charge in [0.15, 0.2) is 0 Å². The fourth-order valence-corrected chi connectivity index (χ4v) is 0.929. The molecule has 5 heteroatoms. The molecular formula is C13H24O5. The molecule has 5 nitrogen and oxygen atoms in total.